The van der Waals surface area contributed by atoms with Crippen molar-refractivity contribution in [2.75, 3.05) is 20.2 Å². The highest BCUT2D eigenvalue weighted by Crippen LogP contribution is 1.90. The van der Waals surface area contributed by atoms with Crippen LogP contribution in [-0.4, -0.2) is 38.1 Å². The van der Waals surface area contributed by atoms with E-state index in [0.29, 0.717) is 6.54 Å². The van der Waals surface area contributed by atoms with Gasteiger partial charge in [-0.15, -0.1) is 12.4 Å². The van der Waals surface area contributed by atoms with E-state index in [1.54, 1.807) is 0 Å². The van der Waals surface area contributed by atoms with Crippen LogP contribution in [0.15, 0.2) is 0 Å². The standard InChI is InChI=1S/C6H10N2O3.ClH/c1-11-6(10)4-2-8-5(9)3-7-4;/h4,7H,2-3H2,1H3,(H,8,9);1H. The Morgan fingerprint density at radius 3 is 2.75 bits per heavy atom. The fourth-order valence-electron chi connectivity index (χ4n) is 0.875. The van der Waals surface area contributed by atoms with Gasteiger partial charge in [-0.25, -0.2) is 0 Å². The summed E-state index contributed by atoms with van der Waals surface area (Å²) in [7, 11) is 1.32. The maximum absolute atomic E-state index is 10.8. The van der Waals surface area contributed by atoms with E-state index < -0.39 is 6.04 Å². The fraction of sp³-hybridized carbons (Fsp3) is 0.667. The van der Waals surface area contributed by atoms with E-state index in [-0.39, 0.29) is 30.8 Å². The molecule has 0 bridgehead atoms. The molecule has 5 nitrogen and oxygen atoms in total. The van der Waals surface area contributed by atoms with Gasteiger partial charge in [0.05, 0.1) is 13.7 Å². The number of esters is 1. The molecule has 12 heavy (non-hydrogen) atoms. The van der Waals surface area contributed by atoms with Crippen LogP contribution >= 0.6 is 12.4 Å². The Bertz CT molecular complexity index is 176. The summed E-state index contributed by atoms with van der Waals surface area (Å²) < 4.78 is 4.47. The summed E-state index contributed by atoms with van der Waals surface area (Å²) in [5, 5.41) is 5.28. The number of hydrogen-bond donors (Lipinski definition) is 2. The van der Waals surface area contributed by atoms with E-state index in [1.807, 2.05) is 0 Å². The molecule has 1 aliphatic rings. The monoisotopic (exact) mass is 194 g/mol. The number of rotatable bonds is 1. The third kappa shape index (κ3) is 2.67. The van der Waals surface area contributed by atoms with Crippen LogP contribution in [0.4, 0.5) is 0 Å². The van der Waals surface area contributed by atoms with Crippen LogP contribution < -0.4 is 10.6 Å². The number of carbonyl (C=O) groups is 2. The molecule has 0 aromatic carbocycles. The zero-order valence-electron chi connectivity index (χ0n) is 6.62. The summed E-state index contributed by atoms with van der Waals surface area (Å²) in [6.45, 7) is 0.491. The topological polar surface area (TPSA) is 67.4 Å². The Kier molecular flexibility index (Phi) is 4.61. The Morgan fingerprint density at radius 1 is 1.67 bits per heavy atom. The third-order valence-electron chi connectivity index (χ3n) is 1.50. The molecule has 2 N–H and O–H groups in total. The van der Waals surface area contributed by atoms with Crippen LogP contribution in [0.25, 0.3) is 0 Å². The summed E-state index contributed by atoms with van der Waals surface area (Å²) in [5.74, 6) is -0.435. The number of carbonyl (C=O) groups excluding carboxylic acids is 2. The molecule has 0 radical (unpaired) electrons. The summed E-state index contributed by atoms with van der Waals surface area (Å²) in [6, 6.07) is -0.391. The molecule has 1 atom stereocenters. The van der Waals surface area contributed by atoms with E-state index in [2.05, 4.69) is 15.4 Å². The van der Waals surface area contributed by atoms with Gasteiger partial charge in [0.25, 0.3) is 0 Å². The number of hydrogen-bond acceptors (Lipinski definition) is 4. The van der Waals surface area contributed by atoms with E-state index in [0.717, 1.165) is 0 Å². The zero-order chi connectivity index (χ0) is 8.27. The second kappa shape index (κ2) is 4.95. The van der Waals surface area contributed by atoms with Gasteiger partial charge in [-0.05, 0) is 0 Å². The molecule has 6 heteroatoms. The van der Waals surface area contributed by atoms with Gasteiger partial charge in [0.15, 0.2) is 0 Å². The van der Waals surface area contributed by atoms with Gasteiger partial charge in [-0.2, -0.15) is 0 Å². The first-order valence-corrected chi connectivity index (χ1v) is 3.32. The van der Waals surface area contributed by atoms with Crippen molar-refractivity contribution in [2.24, 2.45) is 0 Å². The third-order valence-corrected chi connectivity index (χ3v) is 1.50. The van der Waals surface area contributed by atoms with Crippen molar-refractivity contribution in [1.82, 2.24) is 10.6 Å². The van der Waals surface area contributed by atoms with Crippen LogP contribution in [0.1, 0.15) is 0 Å². The van der Waals surface area contributed by atoms with E-state index in [9.17, 15) is 9.59 Å². The Labute approximate surface area is 76.2 Å². The molecule has 1 aliphatic heterocycles. The van der Waals surface area contributed by atoms with Gasteiger partial charge < -0.3 is 10.1 Å². The second-order valence-electron chi connectivity index (χ2n) is 2.26. The van der Waals surface area contributed by atoms with Crippen molar-refractivity contribution in [3.05, 3.63) is 0 Å². The van der Waals surface area contributed by atoms with Crippen molar-refractivity contribution in [1.29, 1.82) is 0 Å². The summed E-state index contributed by atoms with van der Waals surface area (Å²) in [4.78, 5) is 21.4. The van der Waals surface area contributed by atoms with Crippen molar-refractivity contribution in [2.45, 2.75) is 6.04 Å². The van der Waals surface area contributed by atoms with Gasteiger partial charge in [-0.3, -0.25) is 14.9 Å². The van der Waals surface area contributed by atoms with Gasteiger partial charge in [0, 0.05) is 6.54 Å². The lowest BCUT2D eigenvalue weighted by molar-refractivity contribution is -0.143. The number of piperazine rings is 1. The van der Waals surface area contributed by atoms with Crippen LogP contribution in [-0.2, 0) is 14.3 Å². The molecular weight excluding hydrogens is 184 g/mol. The minimum atomic E-state index is -0.391. The van der Waals surface area contributed by atoms with Crippen molar-refractivity contribution in [3.63, 3.8) is 0 Å². The summed E-state index contributed by atoms with van der Waals surface area (Å²) >= 11 is 0. The van der Waals surface area contributed by atoms with Crippen molar-refractivity contribution < 1.29 is 14.3 Å². The van der Waals surface area contributed by atoms with E-state index in [4.69, 9.17) is 0 Å². The average molecular weight is 195 g/mol. The molecule has 1 heterocycles. The fourth-order valence-corrected chi connectivity index (χ4v) is 0.875. The molecule has 0 spiro atoms. The first-order chi connectivity index (χ1) is 5.24. The Hall–Kier alpha value is -0.810. The second-order valence-corrected chi connectivity index (χ2v) is 2.26. The molecule has 1 rings (SSSR count). The first kappa shape index (κ1) is 11.2. The number of ether oxygens (including phenoxy) is 1. The lowest BCUT2D eigenvalue weighted by Crippen LogP contribution is -2.55. The number of nitrogens with one attached hydrogen (secondary N) is 2. The molecule has 1 unspecified atom stereocenters. The van der Waals surface area contributed by atoms with Crippen molar-refractivity contribution in [3.8, 4) is 0 Å². The van der Waals surface area contributed by atoms with Gasteiger partial charge in [-0.1, -0.05) is 0 Å². The minimum Gasteiger partial charge on any atom is -0.468 e. The maximum atomic E-state index is 10.8. The lowest BCUT2D eigenvalue weighted by Gasteiger charge is -2.21. The highest BCUT2D eigenvalue weighted by atomic mass is 35.5. The molecule has 0 aromatic heterocycles. The van der Waals surface area contributed by atoms with E-state index >= 15 is 0 Å². The Balaban J connectivity index is 0.00000121. The summed E-state index contributed by atoms with van der Waals surface area (Å²) in [5.41, 5.74) is 0. The SMILES string of the molecule is COC(=O)C1CNC(=O)CN1.Cl. The molecule has 0 saturated carbocycles. The number of amides is 1. The summed E-state index contributed by atoms with van der Waals surface area (Å²) in [6.07, 6.45) is 0. The lowest BCUT2D eigenvalue weighted by atomic mass is 10.2. The minimum absolute atomic E-state index is 0. The molecule has 70 valence electrons. The van der Waals surface area contributed by atoms with Crippen LogP contribution in [0, 0.1) is 0 Å². The van der Waals surface area contributed by atoms with Crippen LogP contribution in [0.2, 0.25) is 0 Å². The maximum Gasteiger partial charge on any atom is 0.324 e. The van der Waals surface area contributed by atoms with Crippen molar-refractivity contribution >= 4 is 24.3 Å². The number of methoxy groups -OCH3 is 1. The number of halogens is 1. The van der Waals surface area contributed by atoms with Crippen LogP contribution in [0.3, 0.4) is 0 Å². The Morgan fingerprint density at radius 2 is 2.33 bits per heavy atom. The first-order valence-electron chi connectivity index (χ1n) is 3.32. The normalized spacial score (nSPS) is 22.1. The molecular formula is C6H11ClN2O3. The molecule has 0 aromatic rings. The highest BCUT2D eigenvalue weighted by molar-refractivity contribution is 5.85. The molecule has 0 aliphatic carbocycles. The van der Waals surface area contributed by atoms with Gasteiger partial charge in [0.2, 0.25) is 5.91 Å². The average Bonchev–Trinajstić information content (AvgIpc) is 2.05. The molecule has 1 amide bonds. The largest absolute Gasteiger partial charge is 0.468 e. The molecule has 1 saturated heterocycles. The highest BCUT2D eigenvalue weighted by Gasteiger charge is 2.23. The zero-order valence-corrected chi connectivity index (χ0v) is 7.44. The van der Waals surface area contributed by atoms with Gasteiger partial charge in [0.1, 0.15) is 6.04 Å². The quantitative estimate of drug-likeness (QED) is 0.508. The predicted octanol–water partition coefficient (Wildman–Crippen LogP) is -1.33. The van der Waals surface area contributed by atoms with Crippen LogP contribution in [0.5, 0.6) is 0 Å². The molecule has 1 fully saturated rings. The van der Waals surface area contributed by atoms with Gasteiger partial charge >= 0.3 is 5.97 Å². The smallest absolute Gasteiger partial charge is 0.324 e. The predicted molar refractivity (Wildman–Crippen MR) is 44.1 cm³/mol. The van der Waals surface area contributed by atoms with E-state index in [1.165, 1.54) is 7.11 Å².